The first-order chi connectivity index (χ1) is 11.0. The molecule has 3 rings (SSSR count). The van der Waals surface area contributed by atoms with Crippen LogP contribution in [-0.2, 0) is 5.60 Å². The van der Waals surface area contributed by atoms with E-state index >= 15 is 0 Å². The molecule has 2 aromatic carbocycles. The van der Waals surface area contributed by atoms with Gasteiger partial charge in [0, 0.05) is 10.9 Å². The van der Waals surface area contributed by atoms with Gasteiger partial charge in [-0.05, 0) is 36.6 Å². The van der Waals surface area contributed by atoms with Gasteiger partial charge in [0.05, 0.1) is 17.3 Å². The zero-order valence-electron chi connectivity index (χ0n) is 12.8. The summed E-state index contributed by atoms with van der Waals surface area (Å²) in [6.45, 7) is 2.01. The Bertz CT molecular complexity index is 803. The Labute approximate surface area is 140 Å². The molecule has 2 aromatic rings. The first-order valence-corrected chi connectivity index (χ1v) is 7.78. The van der Waals surface area contributed by atoms with Crippen LogP contribution in [0.25, 0.3) is 0 Å². The zero-order valence-corrected chi connectivity index (χ0v) is 13.5. The van der Waals surface area contributed by atoms with Crippen LogP contribution in [0.15, 0.2) is 59.8 Å². The maximum Gasteiger partial charge on any atom is 0.131 e. The van der Waals surface area contributed by atoms with Gasteiger partial charge < -0.3 is 10.8 Å². The van der Waals surface area contributed by atoms with Crippen LogP contribution in [0.5, 0.6) is 0 Å². The van der Waals surface area contributed by atoms with Crippen LogP contribution in [0, 0.1) is 18.3 Å². The first kappa shape index (κ1) is 15.6. The summed E-state index contributed by atoms with van der Waals surface area (Å²) in [5.41, 5.74) is 8.28. The molecule has 0 saturated heterocycles. The van der Waals surface area contributed by atoms with Gasteiger partial charge in [-0.25, -0.2) is 0 Å². The van der Waals surface area contributed by atoms with Gasteiger partial charge in [0.2, 0.25) is 0 Å². The van der Waals surface area contributed by atoms with Crippen molar-refractivity contribution in [1.82, 2.24) is 0 Å². The number of hydrogen-bond acceptors (Lipinski definition) is 3. The van der Waals surface area contributed by atoms with Gasteiger partial charge in [0.1, 0.15) is 5.60 Å². The number of rotatable bonds is 2. The van der Waals surface area contributed by atoms with Gasteiger partial charge in [-0.3, -0.25) is 0 Å². The molecule has 0 spiro atoms. The van der Waals surface area contributed by atoms with E-state index in [1.807, 2.05) is 31.2 Å². The summed E-state index contributed by atoms with van der Waals surface area (Å²) in [7, 11) is 0. The molecule has 0 aromatic heterocycles. The third kappa shape index (κ3) is 2.61. The van der Waals surface area contributed by atoms with Crippen molar-refractivity contribution >= 4 is 11.6 Å². The van der Waals surface area contributed by atoms with Crippen molar-refractivity contribution in [3.05, 3.63) is 81.5 Å². The lowest BCUT2D eigenvalue weighted by atomic mass is 9.86. The number of hydrogen-bond donors (Lipinski definition) is 2. The van der Waals surface area contributed by atoms with E-state index in [9.17, 15) is 10.4 Å². The minimum Gasteiger partial charge on any atom is -0.399 e. The molecule has 0 unspecified atom stereocenters. The van der Waals surface area contributed by atoms with Crippen LogP contribution in [0.4, 0.5) is 0 Å². The summed E-state index contributed by atoms with van der Waals surface area (Å²) in [5.74, 6) is -0.207. The number of benzene rings is 2. The Kier molecular flexibility index (Phi) is 3.89. The fourth-order valence-corrected chi connectivity index (χ4v) is 3.26. The molecule has 3 nitrogen and oxygen atoms in total. The van der Waals surface area contributed by atoms with Crippen LogP contribution in [-0.4, -0.2) is 5.11 Å². The highest BCUT2D eigenvalue weighted by atomic mass is 35.5. The van der Waals surface area contributed by atoms with Gasteiger partial charge in [0.15, 0.2) is 0 Å². The average molecular weight is 325 g/mol. The molecule has 23 heavy (non-hydrogen) atoms. The summed E-state index contributed by atoms with van der Waals surface area (Å²) in [6.07, 6.45) is 0.354. The molecule has 0 saturated carbocycles. The van der Waals surface area contributed by atoms with E-state index in [-0.39, 0.29) is 11.6 Å². The highest BCUT2D eigenvalue weighted by Crippen LogP contribution is 2.48. The lowest BCUT2D eigenvalue weighted by Crippen LogP contribution is -2.30. The van der Waals surface area contributed by atoms with Crippen molar-refractivity contribution in [2.24, 2.45) is 5.73 Å². The number of nitrogens with zero attached hydrogens (tertiary/aromatic N) is 1. The van der Waals surface area contributed by atoms with E-state index in [1.165, 1.54) is 0 Å². The maximum absolute atomic E-state index is 11.1. The maximum atomic E-state index is 11.1. The fourth-order valence-electron chi connectivity index (χ4n) is 3.14. The van der Waals surface area contributed by atoms with Gasteiger partial charge in [-0.1, -0.05) is 53.6 Å². The third-order valence-electron chi connectivity index (χ3n) is 4.51. The van der Waals surface area contributed by atoms with E-state index < -0.39 is 5.60 Å². The molecule has 4 heteroatoms. The molecule has 0 amide bonds. The first-order valence-electron chi connectivity index (χ1n) is 7.41. The van der Waals surface area contributed by atoms with E-state index in [0.717, 1.165) is 11.1 Å². The van der Waals surface area contributed by atoms with Crippen molar-refractivity contribution in [2.45, 2.75) is 24.9 Å². The largest absolute Gasteiger partial charge is 0.399 e. The standard InChI is InChI=1S/C19H17ClN2O/c1-12-2-4-13(5-3-12)16-10-19(23,18(22)17(16)11-21)14-6-8-15(20)9-7-14/h2-9,16,23H,10,22H2,1H3/t16-,19-/m1/s1. The highest BCUT2D eigenvalue weighted by Gasteiger charge is 2.45. The SMILES string of the molecule is Cc1ccc([C@H]2C[C@@](O)(c3ccc(Cl)cc3)C(N)=C2C#N)cc1. The van der Waals surface area contributed by atoms with E-state index in [2.05, 4.69) is 6.07 Å². The van der Waals surface area contributed by atoms with Crippen LogP contribution in [0.3, 0.4) is 0 Å². The molecule has 0 fully saturated rings. The molecular formula is C19H17ClN2O. The predicted octanol–water partition coefficient (Wildman–Crippen LogP) is 3.76. The minimum absolute atomic E-state index is 0.207. The van der Waals surface area contributed by atoms with Gasteiger partial charge >= 0.3 is 0 Å². The molecule has 116 valence electrons. The fraction of sp³-hybridized carbons (Fsp3) is 0.211. The quantitative estimate of drug-likeness (QED) is 0.883. The van der Waals surface area contributed by atoms with Crippen molar-refractivity contribution in [3.63, 3.8) is 0 Å². The second kappa shape index (κ2) is 5.73. The predicted molar refractivity (Wildman–Crippen MR) is 90.7 cm³/mol. The van der Waals surface area contributed by atoms with E-state index in [1.54, 1.807) is 24.3 Å². The molecule has 0 heterocycles. The summed E-state index contributed by atoms with van der Waals surface area (Å²) < 4.78 is 0. The molecule has 2 atom stereocenters. The van der Waals surface area contributed by atoms with Crippen molar-refractivity contribution < 1.29 is 5.11 Å². The summed E-state index contributed by atoms with van der Waals surface area (Å²) >= 11 is 5.92. The molecule has 1 aliphatic carbocycles. The van der Waals surface area contributed by atoms with Gasteiger partial charge in [0.25, 0.3) is 0 Å². The van der Waals surface area contributed by atoms with E-state index in [4.69, 9.17) is 17.3 Å². The molecule has 1 aliphatic rings. The van der Waals surface area contributed by atoms with Crippen molar-refractivity contribution in [2.75, 3.05) is 0 Å². The number of halogens is 1. The number of nitriles is 1. The lowest BCUT2D eigenvalue weighted by molar-refractivity contribution is 0.0724. The van der Waals surface area contributed by atoms with Crippen LogP contribution >= 0.6 is 11.6 Å². The summed E-state index contributed by atoms with van der Waals surface area (Å²) in [5, 5.41) is 21.2. The Morgan fingerprint density at radius 3 is 2.35 bits per heavy atom. The smallest absolute Gasteiger partial charge is 0.131 e. The Hall–Kier alpha value is -2.28. The Morgan fingerprint density at radius 1 is 1.17 bits per heavy atom. The topological polar surface area (TPSA) is 70.0 Å². The van der Waals surface area contributed by atoms with Crippen molar-refractivity contribution in [1.29, 1.82) is 5.26 Å². The van der Waals surface area contributed by atoms with Crippen LogP contribution < -0.4 is 5.73 Å². The number of nitrogens with two attached hydrogens (primary N) is 1. The number of aryl methyl sites for hydroxylation is 1. The zero-order chi connectivity index (χ0) is 16.6. The molecule has 0 radical (unpaired) electrons. The van der Waals surface area contributed by atoms with Gasteiger partial charge in [-0.15, -0.1) is 0 Å². The lowest BCUT2D eigenvalue weighted by Gasteiger charge is -2.25. The molecular weight excluding hydrogens is 308 g/mol. The Morgan fingerprint density at radius 2 is 1.78 bits per heavy atom. The monoisotopic (exact) mass is 324 g/mol. The Balaban J connectivity index is 2.06. The highest BCUT2D eigenvalue weighted by molar-refractivity contribution is 6.30. The normalized spacial score (nSPS) is 23.8. The second-order valence-electron chi connectivity index (χ2n) is 5.97. The van der Waals surface area contributed by atoms with Gasteiger partial charge in [-0.2, -0.15) is 5.26 Å². The molecule has 3 N–H and O–H groups in total. The second-order valence-corrected chi connectivity index (χ2v) is 6.41. The summed E-state index contributed by atoms with van der Waals surface area (Å²) in [4.78, 5) is 0. The molecule has 0 aliphatic heterocycles. The molecule has 0 bridgehead atoms. The van der Waals surface area contributed by atoms with E-state index in [0.29, 0.717) is 22.6 Å². The average Bonchev–Trinajstić information content (AvgIpc) is 2.81. The number of aliphatic hydroxyl groups is 1. The van der Waals surface area contributed by atoms with Crippen molar-refractivity contribution in [3.8, 4) is 6.07 Å². The summed E-state index contributed by atoms with van der Waals surface area (Å²) in [6, 6.07) is 17.1. The minimum atomic E-state index is -1.34. The third-order valence-corrected chi connectivity index (χ3v) is 4.76. The number of allylic oxidation sites excluding steroid dienone is 1. The van der Waals surface area contributed by atoms with Crippen LogP contribution in [0.1, 0.15) is 29.0 Å². The van der Waals surface area contributed by atoms with Crippen LogP contribution in [0.2, 0.25) is 5.02 Å².